The lowest BCUT2D eigenvalue weighted by Gasteiger charge is -2.18. The number of nitrogens with zero attached hydrogens (tertiary/aromatic N) is 3. The Bertz CT molecular complexity index is 559. The van der Waals surface area contributed by atoms with E-state index in [4.69, 9.17) is 0 Å². The molecular weight excluding hydrogens is 280 g/mol. The van der Waals surface area contributed by atoms with Crippen molar-refractivity contribution < 1.29 is 9.59 Å². The molecule has 6 heteroatoms. The zero-order valence-corrected chi connectivity index (χ0v) is 12.9. The Morgan fingerprint density at radius 2 is 2.23 bits per heavy atom. The van der Waals surface area contributed by atoms with Crippen molar-refractivity contribution in [3.8, 4) is 0 Å². The smallest absolute Gasteiger partial charge is 0.269 e. The van der Waals surface area contributed by atoms with Crippen LogP contribution in [-0.2, 0) is 11.2 Å². The Labute approximate surface area is 130 Å². The molecular formula is C16H22N4O2. The molecule has 1 aromatic heterocycles. The molecule has 0 bridgehead atoms. The van der Waals surface area contributed by atoms with Gasteiger partial charge in [0, 0.05) is 25.8 Å². The van der Waals surface area contributed by atoms with Crippen molar-refractivity contribution in [2.75, 3.05) is 20.1 Å². The van der Waals surface area contributed by atoms with Gasteiger partial charge in [-0.05, 0) is 43.7 Å². The summed E-state index contributed by atoms with van der Waals surface area (Å²) in [7, 11) is 1.58. The number of hydrogen-bond donors (Lipinski definition) is 1. The Morgan fingerprint density at radius 1 is 1.41 bits per heavy atom. The number of amides is 2. The maximum absolute atomic E-state index is 11.7. The predicted molar refractivity (Wildman–Crippen MR) is 83.2 cm³/mol. The van der Waals surface area contributed by atoms with Crippen molar-refractivity contribution in [3.63, 3.8) is 0 Å². The van der Waals surface area contributed by atoms with Crippen molar-refractivity contribution >= 4 is 11.8 Å². The molecule has 0 saturated carbocycles. The first kappa shape index (κ1) is 16.1. The van der Waals surface area contributed by atoms with E-state index in [1.165, 1.54) is 12.4 Å². The van der Waals surface area contributed by atoms with Crippen molar-refractivity contribution in [1.29, 1.82) is 0 Å². The third kappa shape index (κ3) is 4.13. The molecule has 0 aromatic carbocycles. The minimum atomic E-state index is -0.202. The van der Waals surface area contributed by atoms with Crippen molar-refractivity contribution in [2.24, 2.45) is 5.92 Å². The minimum Gasteiger partial charge on any atom is -0.354 e. The van der Waals surface area contributed by atoms with Gasteiger partial charge in [0.1, 0.15) is 12.0 Å². The first-order chi connectivity index (χ1) is 10.6. The highest BCUT2D eigenvalue weighted by Crippen LogP contribution is 2.21. The summed E-state index contributed by atoms with van der Waals surface area (Å²) >= 11 is 0. The standard InChI is InChI=1S/C16H22N4O2/c1-3-15(21)20-7-4-5-12(6-8-20)9-13-10-14(16(22)17-2)19-11-18-13/h3,10-12H,1,4-9H2,2H3,(H,17,22). The summed E-state index contributed by atoms with van der Waals surface area (Å²) in [6, 6.07) is 1.75. The van der Waals surface area contributed by atoms with Crippen LogP contribution in [0.2, 0.25) is 0 Å². The van der Waals surface area contributed by atoms with E-state index in [9.17, 15) is 9.59 Å². The molecule has 6 nitrogen and oxygen atoms in total. The number of aromatic nitrogens is 2. The summed E-state index contributed by atoms with van der Waals surface area (Å²) in [5.74, 6) is 0.270. The number of carbonyl (C=O) groups excluding carboxylic acids is 2. The van der Waals surface area contributed by atoms with Gasteiger partial charge in [-0.25, -0.2) is 9.97 Å². The molecule has 1 aliphatic heterocycles. The maximum atomic E-state index is 11.7. The molecule has 2 amide bonds. The fourth-order valence-electron chi connectivity index (χ4n) is 2.78. The van der Waals surface area contributed by atoms with Crippen molar-refractivity contribution in [2.45, 2.75) is 25.7 Å². The van der Waals surface area contributed by atoms with Crippen LogP contribution in [0.3, 0.4) is 0 Å². The van der Waals surface area contributed by atoms with Gasteiger partial charge in [-0.15, -0.1) is 0 Å². The van der Waals surface area contributed by atoms with Crippen LogP contribution in [-0.4, -0.2) is 46.8 Å². The van der Waals surface area contributed by atoms with E-state index < -0.39 is 0 Å². The van der Waals surface area contributed by atoms with Crippen LogP contribution in [0.5, 0.6) is 0 Å². The first-order valence-corrected chi connectivity index (χ1v) is 7.58. The van der Waals surface area contributed by atoms with Crippen LogP contribution in [0.15, 0.2) is 25.0 Å². The van der Waals surface area contributed by atoms with Crippen LogP contribution in [0.4, 0.5) is 0 Å². The summed E-state index contributed by atoms with van der Waals surface area (Å²) in [6.45, 7) is 5.08. The van der Waals surface area contributed by atoms with E-state index >= 15 is 0 Å². The van der Waals surface area contributed by atoms with Gasteiger partial charge in [-0.1, -0.05) is 6.58 Å². The lowest BCUT2D eigenvalue weighted by Crippen LogP contribution is -2.30. The quantitative estimate of drug-likeness (QED) is 0.848. The zero-order chi connectivity index (χ0) is 15.9. The average molecular weight is 302 g/mol. The number of carbonyl (C=O) groups is 2. The lowest BCUT2D eigenvalue weighted by molar-refractivity contribution is -0.125. The second-order valence-electron chi connectivity index (χ2n) is 5.50. The largest absolute Gasteiger partial charge is 0.354 e. The summed E-state index contributed by atoms with van der Waals surface area (Å²) in [5.41, 5.74) is 1.27. The maximum Gasteiger partial charge on any atom is 0.269 e. The molecule has 0 spiro atoms. The van der Waals surface area contributed by atoms with Gasteiger partial charge in [0.2, 0.25) is 5.91 Å². The van der Waals surface area contributed by atoms with Gasteiger partial charge in [-0.2, -0.15) is 0 Å². The van der Waals surface area contributed by atoms with Crippen LogP contribution < -0.4 is 5.32 Å². The predicted octanol–water partition coefficient (Wildman–Crippen LogP) is 1.19. The van der Waals surface area contributed by atoms with E-state index in [-0.39, 0.29) is 11.8 Å². The van der Waals surface area contributed by atoms with Crippen molar-refractivity contribution in [3.05, 3.63) is 36.4 Å². The van der Waals surface area contributed by atoms with Crippen LogP contribution >= 0.6 is 0 Å². The number of likely N-dealkylation sites (tertiary alicyclic amines) is 1. The average Bonchev–Trinajstić information content (AvgIpc) is 2.79. The SMILES string of the molecule is C=CC(=O)N1CCCC(Cc2cc(C(=O)NC)ncn2)CC1. The molecule has 1 N–H and O–H groups in total. The lowest BCUT2D eigenvalue weighted by atomic mass is 9.95. The molecule has 0 aliphatic carbocycles. The normalized spacial score (nSPS) is 18.4. The highest BCUT2D eigenvalue weighted by molar-refractivity contribution is 5.92. The van der Waals surface area contributed by atoms with E-state index in [1.807, 2.05) is 4.90 Å². The second-order valence-corrected chi connectivity index (χ2v) is 5.50. The monoisotopic (exact) mass is 302 g/mol. The highest BCUT2D eigenvalue weighted by Gasteiger charge is 2.20. The first-order valence-electron chi connectivity index (χ1n) is 7.58. The number of nitrogens with one attached hydrogen (secondary N) is 1. The van der Waals surface area contributed by atoms with Gasteiger partial charge in [-0.3, -0.25) is 9.59 Å². The molecule has 2 heterocycles. The molecule has 118 valence electrons. The molecule has 1 saturated heterocycles. The zero-order valence-electron chi connectivity index (χ0n) is 12.9. The van der Waals surface area contributed by atoms with Gasteiger partial charge in [0.05, 0.1) is 0 Å². The van der Waals surface area contributed by atoms with Gasteiger partial charge in [0.15, 0.2) is 0 Å². The van der Waals surface area contributed by atoms with Crippen LogP contribution in [0.25, 0.3) is 0 Å². The van der Waals surface area contributed by atoms with Crippen LogP contribution in [0.1, 0.15) is 35.4 Å². The van der Waals surface area contributed by atoms with E-state index in [0.717, 1.165) is 44.5 Å². The fourth-order valence-corrected chi connectivity index (χ4v) is 2.78. The number of hydrogen-bond acceptors (Lipinski definition) is 4. The molecule has 1 fully saturated rings. The van der Waals surface area contributed by atoms with E-state index in [0.29, 0.717) is 11.6 Å². The van der Waals surface area contributed by atoms with E-state index in [2.05, 4.69) is 21.9 Å². The Balaban J connectivity index is 1.98. The minimum absolute atomic E-state index is 0.00425. The van der Waals surface area contributed by atoms with Crippen LogP contribution in [0, 0.1) is 5.92 Å². The Hall–Kier alpha value is -2.24. The molecule has 1 atom stereocenters. The summed E-state index contributed by atoms with van der Waals surface area (Å²) in [5, 5.41) is 2.56. The van der Waals surface area contributed by atoms with Gasteiger partial charge in [0.25, 0.3) is 5.91 Å². The highest BCUT2D eigenvalue weighted by atomic mass is 16.2. The summed E-state index contributed by atoms with van der Waals surface area (Å²) < 4.78 is 0. The third-order valence-corrected chi connectivity index (χ3v) is 4.02. The Morgan fingerprint density at radius 3 is 2.95 bits per heavy atom. The number of rotatable bonds is 4. The van der Waals surface area contributed by atoms with E-state index in [1.54, 1.807) is 13.1 Å². The molecule has 1 aliphatic rings. The fraction of sp³-hybridized carbons (Fsp3) is 0.500. The topological polar surface area (TPSA) is 75.2 Å². The molecule has 22 heavy (non-hydrogen) atoms. The molecule has 2 rings (SSSR count). The van der Waals surface area contributed by atoms with Gasteiger partial charge < -0.3 is 10.2 Å². The third-order valence-electron chi connectivity index (χ3n) is 4.02. The molecule has 1 aromatic rings. The second kappa shape index (κ2) is 7.68. The molecule has 0 radical (unpaired) electrons. The van der Waals surface area contributed by atoms with Crippen molar-refractivity contribution in [1.82, 2.24) is 20.2 Å². The molecule has 1 unspecified atom stereocenters. The van der Waals surface area contributed by atoms with Gasteiger partial charge >= 0.3 is 0 Å². The Kier molecular flexibility index (Phi) is 5.63. The summed E-state index contributed by atoms with van der Waals surface area (Å²) in [4.78, 5) is 33.4. The summed E-state index contributed by atoms with van der Waals surface area (Å²) in [6.07, 6.45) is 6.60.